The molecule has 0 amide bonds. The van der Waals surface area contributed by atoms with Crippen LogP contribution in [-0.2, 0) is 14.3 Å². The van der Waals surface area contributed by atoms with E-state index in [0.29, 0.717) is 6.42 Å². The van der Waals surface area contributed by atoms with Gasteiger partial charge in [-0.3, -0.25) is 9.59 Å². The van der Waals surface area contributed by atoms with Gasteiger partial charge in [-0.05, 0) is 19.8 Å². The van der Waals surface area contributed by atoms with Crippen molar-refractivity contribution in [2.24, 2.45) is 5.92 Å². The van der Waals surface area contributed by atoms with Gasteiger partial charge in [0.2, 0.25) is 0 Å². The van der Waals surface area contributed by atoms with Crippen LogP contribution >= 0.6 is 0 Å². The third kappa shape index (κ3) is 2.70. The fourth-order valence-electron chi connectivity index (χ4n) is 2.06. The summed E-state index contributed by atoms with van der Waals surface area (Å²) in [5.74, 6) is -2.00. The molecule has 0 radical (unpaired) electrons. The zero-order valence-corrected chi connectivity index (χ0v) is 9.28. The molecule has 1 aliphatic heterocycles. The van der Waals surface area contributed by atoms with Crippen LogP contribution in [-0.4, -0.2) is 22.6 Å². The molecule has 0 aromatic rings. The molecule has 1 heterocycles. The van der Waals surface area contributed by atoms with Gasteiger partial charge in [0.15, 0.2) is 0 Å². The molecule has 0 aliphatic carbocycles. The lowest BCUT2D eigenvalue weighted by molar-refractivity contribution is -0.153. The Labute approximate surface area is 89.6 Å². The average Bonchev–Trinajstić information content (AvgIpc) is 2.42. The van der Waals surface area contributed by atoms with Gasteiger partial charge >= 0.3 is 11.9 Å². The van der Waals surface area contributed by atoms with Gasteiger partial charge in [0.25, 0.3) is 0 Å². The van der Waals surface area contributed by atoms with Crippen molar-refractivity contribution in [1.82, 2.24) is 0 Å². The van der Waals surface area contributed by atoms with Gasteiger partial charge < -0.3 is 9.84 Å². The maximum absolute atomic E-state index is 11.1. The third-order valence-electron chi connectivity index (χ3n) is 3.03. The normalized spacial score (nSPS) is 30.3. The summed E-state index contributed by atoms with van der Waals surface area (Å²) in [6.45, 7) is 3.81. The lowest BCUT2D eigenvalue weighted by atomic mass is 9.85. The predicted octanol–water partition coefficient (Wildman–Crippen LogP) is 1.97. The lowest BCUT2D eigenvalue weighted by Crippen LogP contribution is -2.36. The molecule has 1 saturated heterocycles. The molecule has 0 aromatic carbocycles. The summed E-state index contributed by atoms with van der Waals surface area (Å²) in [5, 5.41) is 8.99. The minimum Gasteiger partial charge on any atom is -0.481 e. The number of hydrogen-bond acceptors (Lipinski definition) is 3. The van der Waals surface area contributed by atoms with E-state index in [0.717, 1.165) is 19.3 Å². The van der Waals surface area contributed by atoms with Crippen molar-refractivity contribution in [3.8, 4) is 0 Å². The summed E-state index contributed by atoms with van der Waals surface area (Å²) in [7, 11) is 0. The van der Waals surface area contributed by atoms with Gasteiger partial charge in [0.05, 0.1) is 6.42 Å². The second-order valence-electron chi connectivity index (χ2n) is 4.34. The minimum absolute atomic E-state index is 0.0119. The second-order valence-corrected chi connectivity index (χ2v) is 4.34. The smallest absolute Gasteiger partial charge is 0.311 e. The minimum atomic E-state index is -0.931. The Hall–Kier alpha value is -1.06. The summed E-state index contributed by atoms with van der Waals surface area (Å²) in [6.07, 6.45) is 3.67. The average molecular weight is 214 g/mol. The van der Waals surface area contributed by atoms with Crippen LogP contribution in [0.4, 0.5) is 0 Å². The van der Waals surface area contributed by atoms with Crippen molar-refractivity contribution < 1.29 is 19.4 Å². The van der Waals surface area contributed by atoms with Crippen LogP contribution in [0, 0.1) is 5.92 Å². The number of cyclic esters (lactones) is 1. The fraction of sp³-hybridized carbons (Fsp3) is 0.818. The number of carboxylic acids is 1. The molecule has 0 bridgehead atoms. The first-order valence-corrected chi connectivity index (χ1v) is 5.44. The van der Waals surface area contributed by atoms with E-state index < -0.39 is 17.5 Å². The SMILES string of the molecule is CCCCCC1(C)OC(=O)CC1C(=O)O. The molecule has 15 heavy (non-hydrogen) atoms. The molecular weight excluding hydrogens is 196 g/mol. The highest BCUT2D eigenvalue weighted by atomic mass is 16.6. The van der Waals surface area contributed by atoms with Crippen molar-refractivity contribution in [2.75, 3.05) is 0 Å². The van der Waals surface area contributed by atoms with E-state index in [9.17, 15) is 9.59 Å². The van der Waals surface area contributed by atoms with Crippen LogP contribution in [0.25, 0.3) is 0 Å². The van der Waals surface area contributed by atoms with Gasteiger partial charge in [0, 0.05) is 0 Å². The molecule has 1 aliphatic rings. The van der Waals surface area contributed by atoms with E-state index in [1.165, 1.54) is 0 Å². The van der Waals surface area contributed by atoms with Crippen LogP contribution in [0.5, 0.6) is 0 Å². The van der Waals surface area contributed by atoms with Crippen LogP contribution in [0.15, 0.2) is 0 Å². The summed E-state index contributed by atoms with van der Waals surface area (Å²) in [6, 6.07) is 0. The third-order valence-corrected chi connectivity index (χ3v) is 3.03. The zero-order chi connectivity index (χ0) is 11.5. The van der Waals surface area contributed by atoms with Gasteiger partial charge in [-0.2, -0.15) is 0 Å². The molecule has 86 valence electrons. The van der Waals surface area contributed by atoms with Crippen LogP contribution in [0.2, 0.25) is 0 Å². The number of esters is 1. The number of unbranched alkanes of at least 4 members (excludes halogenated alkanes) is 2. The highest BCUT2D eigenvalue weighted by molar-refractivity contribution is 5.83. The Kier molecular flexibility index (Phi) is 3.72. The number of aliphatic carboxylic acids is 1. The second kappa shape index (κ2) is 4.64. The number of carbonyl (C=O) groups is 2. The Balaban J connectivity index is 2.62. The van der Waals surface area contributed by atoms with Crippen LogP contribution < -0.4 is 0 Å². The van der Waals surface area contributed by atoms with Crippen molar-refractivity contribution in [1.29, 1.82) is 0 Å². The first-order valence-electron chi connectivity index (χ1n) is 5.44. The Morgan fingerprint density at radius 3 is 2.80 bits per heavy atom. The van der Waals surface area contributed by atoms with E-state index in [2.05, 4.69) is 6.92 Å². The number of ether oxygens (including phenoxy) is 1. The molecule has 2 unspecified atom stereocenters. The maximum Gasteiger partial charge on any atom is 0.311 e. The fourth-order valence-corrected chi connectivity index (χ4v) is 2.06. The first-order chi connectivity index (χ1) is 6.99. The standard InChI is InChI=1S/C11H18O4/c1-3-4-5-6-11(2)8(10(13)14)7-9(12)15-11/h8H,3-7H2,1-2H3,(H,13,14). The summed E-state index contributed by atoms with van der Waals surface area (Å²) in [5.41, 5.74) is -0.794. The van der Waals surface area contributed by atoms with Crippen molar-refractivity contribution in [3.05, 3.63) is 0 Å². The highest BCUT2D eigenvalue weighted by Crippen LogP contribution is 2.37. The molecule has 4 nitrogen and oxygen atoms in total. The molecule has 1 N–H and O–H groups in total. The van der Waals surface area contributed by atoms with E-state index in [1.807, 2.05) is 0 Å². The Morgan fingerprint density at radius 2 is 2.27 bits per heavy atom. The summed E-state index contributed by atoms with van der Waals surface area (Å²) < 4.78 is 5.15. The van der Waals surface area contributed by atoms with Gasteiger partial charge in [-0.25, -0.2) is 0 Å². The molecular formula is C11H18O4. The maximum atomic E-state index is 11.1. The van der Waals surface area contributed by atoms with Crippen molar-refractivity contribution >= 4 is 11.9 Å². The largest absolute Gasteiger partial charge is 0.481 e. The monoisotopic (exact) mass is 214 g/mol. The predicted molar refractivity (Wildman–Crippen MR) is 54.4 cm³/mol. The molecule has 1 rings (SSSR count). The number of carboxylic acid groups (broad SMARTS) is 1. The van der Waals surface area contributed by atoms with Gasteiger partial charge in [-0.15, -0.1) is 0 Å². The van der Waals surface area contributed by atoms with E-state index in [-0.39, 0.29) is 12.4 Å². The Morgan fingerprint density at radius 1 is 1.60 bits per heavy atom. The summed E-state index contributed by atoms with van der Waals surface area (Å²) in [4.78, 5) is 22.1. The summed E-state index contributed by atoms with van der Waals surface area (Å²) >= 11 is 0. The molecule has 0 spiro atoms. The molecule has 2 atom stereocenters. The number of rotatable bonds is 5. The Bertz CT molecular complexity index is 261. The van der Waals surface area contributed by atoms with Crippen LogP contribution in [0.3, 0.4) is 0 Å². The molecule has 0 aromatic heterocycles. The van der Waals surface area contributed by atoms with Crippen LogP contribution in [0.1, 0.15) is 46.0 Å². The van der Waals surface area contributed by atoms with Crippen molar-refractivity contribution in [3.63, 3.8) is 0 Å². The van der Waals surface area contributed by atoms with Gasteiger partial charge in [0.1, 0.15) is 11.5 Å². The quantitative estimate of drug-likeness (QED) is 0.561. The van der Waals surface area contributed by atoms with Crippen molar-refractivity contribution in [2.45, 2.75) is 51.6 Å². The van der Waals surface area contributed by atoms with E-state index >= 15 is 0 Å². The zero-order valence-electron chi connectivity index (χ0n) is 9.28. The van der Waals surface area contributed by atoms with Gasteiger partial charge in [-0.1, -0.05) is 19.8 Å². The number of carbonyl (C=O) groups excluding carboxylic acids is 1. The first kappa shape index (κ1) is 12.0. The molecule has 0 saturated carbocycles. The van der Waals surface area contributed by atoms with E-state index in [1.54, 1.807) is 6.92 Å². The van der Waals surface area contributed by atoms with E-state index in [4.69, 9.17) is 9.84 Å². The number of hydrogen-bond donors (Lipinski definition) is 1. The molecule has 1 fully saturated rings. The topological polar surface area (TPSA) is 63.6 Å². The highest BCUT2D eigenvalue weighted by Gasteiger charge is 2.49. The lowest BCUT2D eigenvalue weighted by Gasteiger charge is -2.26. The molecule has 4 heteroatoms.